The van der Waals surface area contributed by atoms with Gasteiger partial charge in [-0.15, -0.1) is 0 Å². The summed E-state index contributed by atoms with van der Waals surface area (Å²) in [4.78, 5) is 17.0. The number of nitrogens with zero attached hydrogens (tertiary/aromatic N) is 1. The Bertz CT molecular complexity index is 858. The van der Waals surface area contributed by atoms with E-state index in [1.165, 1.54) is 0 Å². The lowest BCUT2D eigenvalue weighted by molar-refractivity contribution is 0.0952. The monoisotopic (exact) mass is 365 g/mol. The van der Waals surface area contributed by atoms with Crippen LogP contribution in [0.4, 0.5) is 5.82 Å². The van der Waals surface area contributed by atoms with Crippen molar-refractivity contribution >= 4 is 22.7 Å². The van der Waals surface area contributed by atoms with Gasteiger partial charge in [-0.05, 0) is 37.5 Å². The van der Waals surface area contributed by atoms with Gasteiger partial charge in [-0.3, -0.25) is 4.79 Å². The second kappa shape index (κ2) is 9.76. The smallest absolute Gasteiger partial charge is 0.255 e. The summed E-state index contributed by atoms with van der Waals surface area (Å²) in [6.07, 6.45) is 6.52. The zero-order valence-electron chi connectivity index (χ0n) is 15.8. The van der Waals surface area contributed by atoms with Gasteiger partial charge in [0, 0.05) is 31.1 Å². The molecule has 1 amide bonds. The minimum Gasteiger partial charge on any atom is -0.460 e. The summed E-state index contributed by atoms with van der Waals surface area (Å²) < 4.78 is 5.94. The van der Waals surface area contributed by atoms with Gasteiger partial charge >= 0.3 is 0 Å². The van der Waals surface area contributed by atoms with Gasteiger partial charge in [0.05, 0.1) is 5.56 Å². The van der Waals surface area contributed by atoms with Crippen LogP contribution in [0.25, 0.3) is 11.0 Å². The number of carbonyl (C=O) groups excluding carboxylic acids is 1. The Morgan fingerprint density at radius 2 is 1.85 bits per heavy atom. The molecule has 5 nitrogen and oxygen atoms in total. The number of rotatable bonds is 10. The molecule has 2 aromatic heterocycles. The maximum absolute atomic E-state index is 12.8. The van der Waals surface area contributed by atoms with Crippen LogP contribution >= 0.6 is 0 Å². The van der Waals surface area contributed by atoms with E-state index >= 15 is 0 Å². The first-order chi connectivity index (χ1) is 13.3. The molecule has 2 heterocycles. The number of anilines is 1. The predicted octanol–water partition coefficient (Wildman–Crippen LogP) is 4.79. The SMILES string of the molecule is CCCCc1oc2ccccc2c1C(=O)NCCCCNc1ccccn1. The van der Waals surface area contributed by atoms with Crippen molar-refractivity contribution in [1.29, 1.82) is 0 Å². The van der Waals surface area contributed by atoms with Crippen LogP contribution in [0.3, 0.4) is 0 Å². The molecule has 0 bridgehead atoms. The lowest BCUT2D eigenvalue weighted by atomic mass is 10.1. The van der Waals surface area contributed by atoms with Crippen molar-refractivity contribution in [2.24, 2.45) is 0 Å². The minimum atomic E-state index is -0.0382. The van der Waals surface area contributed by atoms with Crippen LogP contribution < -0.4 is 10.6 Å². The van der Waals surface area contributed by atoms with E-state index in [0.29, 0.717) is 12.1 Å². The quantitative estimate of drug-likeness (QED) is 0.507. The van der Waals surface area contributed by atoms with Crippen molar-refractivity contribution in [3.05, 3.63) is 60.0 Å². The fraction of sp³-hybridized carbons (Fsp3) is 0.364. The molecule has 0 saturated carbocycles. The molecule has 27 heavy (non-hydrogen) atoms. The van der Waals surface area contributed by atoms with E-state index in [0.717, 1.165) is 61.2 Å². The second-order valence-electron chi connectivity index (χ2n) is 6.60. The van der Waals surface area contributed by atoms with Crippen LogP contribution in [0.5, 0.6) is 0 Å². The van der Waals surface area contributed by atoms with Gasteiger partial charge in [0.25, 0.3) is 5.91 Å². The minimum absolute atomic E-state index is 0.0382. The number of benzene rings is 1. The standard InChI is InChI=1S/C22H27N3O2/c1-2-3-11-19-21(17-10-4-5-12-18(17)27-19)22(26)25-16-9-8-15-24-20-13-6-7-14-23-20/h4-7,10,12-14H,2-3,8-9,11,15-16H2,1H3,(H,23,24)(H,25,26). The largest absolute Gasteiger partial charge is 0.460 e. The van der Waals surface area contributed by atoms with Crippen molar-refractivity contribution in [2.45, 2.75) is 39.0 Å². The Hall–Kier alpha value is -2.82. The van der Waals surface area contributed by atoms with Crippen LogP contribution in [-0.2, 0) is 6.42 Å². The van der Waals surface area contributed by atoms with Gasteiger partial charge in [-0.25, -0.2) is 4.98 Å². The van der Waals surface area contributed by atoms with Crippen LogP contribution in [-0.4, -0.2) is 24.0 Å². The van der Waals surface area contributed by atoms with Crippen molar-refractivity contribution in [1.82, 2.24) is 10.3 Å². The summed E-state index contributed by atoms with van der Waals surface area (Å²) in [5.74, 6) is 1.64. The number of pyridine rings is 1. The lowest BCUT2D eigenvalue weighted by Gasteiger charge is -2.07. The maximum Gasteiger partial charge on any atom is 0.255 e. The fourth-order valence-electron chi connectivity index (χ4n) is 3.08. The van der Waals surface area contributed by atoms with E-state index in [9.17, 15) is 4.79 Å². The molecular weight excluding hydrogens is 338 g/mol. The summed E-state index contributed by atoms with van der Waals surface area (Å²) in [6.45, 7) is 3.63. The molecule has 0 saturated heterocycles. The zero-order chi connectivity index (χ0) is 18.9. The van der Waals surface area contributed by atoms with E-state index in [4.69, 9.17) is 4.42 Å². The first-order valence-corrected chi connectivity index (χ1v) is 9.73. The van der Waals surface area contributed by atoms with Crippen LogP contribution in [0.1, 0.15) is 48.7 Å². The summed E-state index contributed by atoms with van der Waals surface area (Å²) in [6, 6.07) is 13.6. The third-order valence-electron chi connectivity index (χ3n) is 4.51. The molecule has 142 valence electrons. The number of nitrogens with one attached hydrogen (secondary N) is 2. The number of hydrogen-bond donors (Lipinski definition) is 2. The van der Waals surface area contributed by atoms with Crippen molar-refractivity contribution in [3.8, 4) is 0 Å². The number of para-hydroxylation sites is 1. The van der Waals surface area contributed by atoms with Gasteiger partial charge in [0.15, 0.2) is 0 Å². The van der Waals surface area contributed by atoms with Crippen LogP contribution in [0, 0.1) is 0 Å². The zero-order valence-corrected chi connectivity index (χ0v) is 15.8. The summed E-state index contributed by atoms with van der Waals surface area (Å²) in [5, 5.41) is 7.23. The Balaban J connectivity index is 1.51. The Morgan fingerprint density at radius 1 is 1.04 bits per heavy atom. The maximum atomic E-state index is 12.8. The normalized spacial score (nSPS) is 10.9. The Morgan fingerprint density at radius 3 is 2.67 bits per heavy atom. The number of aryl methyl sites for hydroxylation is 1. The highest BCUT2D eigenvalue weighted by atomic mass is 16.3. The molecule has 0 aliphatic heterocycles. The number of hydrogen-bond acceptors (Lipinski definition) is 4. The molecule has 0 fully saturated rings. The molecule has 0 radical (unpaired) electrons. The predicted molar refractivity (Wildman–Crippen MR) is 109 cm³/mol. The number of carbonyl (C=O) groups is 1. The van der Waals surface area contributed by atoms with Gasteiger partial charge in [0.1, 0.15) is 17.2 Å². The number of unbranched alkanes of at least 4 members (excludes halogenated alkanes) is 2. The topological polar surface area (TPSA) is 67.2 Å². The summed E-state index contributed by atoms with van der Waals surface area (Å²) in [7, 11) is 0. The first kappa shape index (κ1) is 19.0. The molecule has 0 aliphatic carbocycles. The van der Waals surface area contributed by atoms with Crippen LogP contribution in [0.15, 0.2) is 53.1 Å². The highest BCUT2D eigenvalue weighted by Gasteiger charge is 2.19. The molecule has 0 unspecified atom stereocenters. The molecule has 1 aromatic carbocycles. The Kier molecular flexibility index (Phi) is 6.85. The third kappa shape index (κ3) is 5.09. The highest BCUT2D eigenvalue weighted by molar-refractivity contribution is 6.07. The van der Waals surface area contributed by atoms with E-state index < -0.39 is 0 Å². The van der Waals surface area contributed by atoms with Crippen molar-refractivity contribution in [2.75, 3.05) is 18.4 Å². The van der Waals surface area contributed by atoms with Gasteiger partial charge < -0.3 is 15.1 Å². The molecule has 3 rings (SSSR count). The molecule has 3 aromatic rings. The molecule has 5 heteroatoms. The first-order valence-electron chi connectivity index (χ1n) is 9.73. The average molecular weight is 365 g/mol. The fourth-order valence-corrected chi connectivity index (χ4v) is 3.08. The molecule has 2 N–H and O–H groups in total. The third-order valence-corrected chi connectivity index (χ3v) is 4.51. The summed E-state index contributed by atoms with van der Waals surface area (Å²) in [5.41, 5.74) is 1.49. The number of fused-ring (bicyclic) bond motifs is 1. The van der Waals surface area contributed by atoms with E-state index in [1.54, 1.807) is 6.20 Å². The molecule has 0 spiro atoms. The molecule has 0 aliphatic rings. The number of furan rings is 1. The van der Waals surface area contributed by atoms with Gasteiger partial charge in [0.2, 0.25) is 0 Å². The van der Waals surface area contributed by atoms with E-state index in [1.807, 2.05) is 42.5 Å². The second-order valence-corrected chi connectivity index (χ2v) is 6.60. The van der Waals surface area contributed by atoms with Crippen LogP contribution in [0.2, 0.25) is 0 Å². The van der Waals surface area contributed by atoms with E-state index in [2.05, 4.69) is 22.5 Å². The van der Waals surface area contributed by atoms with Gasteiger partial charge in [-0.2, -0.15) is 0 Å². The van der Waals surface area contributed by atoms with Crippen molar-refractivity contribution in [3.63, 3.8) is 0 Å². The Labute approximate surface area is 160 Å². The highest BCUT2D eigenvalue weighted by Crippen LogP contribution is 2.27. The van der Waals surface area contributed by atoms with Gasteiger partial charge in [-0.1, -0.05) is 37.6 Å². The van der Waals surface area contributed by atoms with E-state index in [-0.39, 0.29) is 5.91 Å². The number of amides is 1. The summed E-state index contributed by atoms with van der Waals surface area (Å²) >= 11 is 0. The number of aromatic nitrogens is 1. The molecule has 0 atom stereocenters. The lowest BCUT2D eigenvalue weighted by Crippen LogP contribution is -2.25. The molecular formula is C22H27N3O2. The van der Waals surface area contributed by atoms with Crippen molar-refractivity contribution < 1.29 is 9.21 Å². The average Bonchev–Trinajstić information content (AvgIpc) is 3.08.